The van der Waals surface area contributed by atoms with E-state index in [-0.39, 0.29) is 0 Å². The molecule has 0 aliphatic rings. The summed E-state index contributed by atoms with van der Waals surface area (Å²) in [6, 6.07) is 9.17. The van der Waals surface area contributed by atoms with Crippen LogP contribution in [0.4, 0.5) is 0 Å². The van der Waals surface area contributed by atoms with Crippen molar-refractivity contribution in [3.05, 3.63) is 56.7 Å². The number of hydrogen-bond acceptors (Lipinski definition) is 2. The van der Waals surface area contributed by atoms with Crippen molar-refractivity contribution in [2.45, 2.75) is 6.61 Å². The molecule has 0 aliphatic carbocycles. The molecule has 2 rings (SSSR count). The van der Waals surface area contributed by atoms with Crippen LogP contribution in [-0.4, -0.2) is 4.98 Å². The molecule has 88 valence electrons. The van der Waals surface area contributed by atoms with E-state index in [1.54, 1.807) is 18.3 Å². The van der Waals surface area contributed by atoms with Gasteiger partial charge in [0.1, 0.15) is 6.61 Å². The van der Waals surface area contributed by atoms with Gasteiger partial charge in [-0.15, -0.1) is 0 Å². The fraction of sp³-hybridized carbons (Fsp3) is 0.0833. The first-order valence-corrected chi connectivity index (χ1v) is 6.39. The molecule has 0 amide bonds. The standard InChI is InChI=1S/C12H8BrCl2NO/c13-9-4-3-8(10(14)6-9)7-17-11-2-1-5-16-12(11)15/h1-6H,7H2. The predicted octanol–water partition coefficient (Wildman–Crippen LogP) is 4.73. The molecule has 1 aromatic heterocycles. The molecule has 1 heterocycles. The normalized spacial score (nSPS) is 10.3. The number of aromatic nitrogens is 1. The SMILES string of the molecule is Clc1cc(Br)ccc1COc1cccnc1Cl. The molecule has 2 aromatic rings. The third-order valence-electron chi connectivity index (χ3n) is 2.12. The van der Waals surface area contributed by atoms with Gasteiger partial charge in [-0.3, -0.25) is 0 Å². The lowest BCUT2D eigenvalue weighted by atomic mass is 10.2. The summed E-state index contributed by atoms with van der Waals surface area (Å²) in [6.07, 6.45) is 1.61. The molecule has 0 saturated carbocycles. The van der Waals surface area contributed by atoms with Crippen LogP contribution >= 0.6 is 39.1 Å². The Morgan fingerprint density at radius 3 is 2.76 bits per heavy atom. The Labute approximate surface area is 118 Å². The summed E-state index contributed by atoms with van der Waals surface area (Å²) in [4.78, 5) is 3.93. The van der Waals surface area contributed by atoms with E-state index < -0.39 is 0 Å². The molecular weight excluding hydrogens is 325 g/mol. The number of ether oxygens (including phenoxy) is 1. The van der Waals surface area contributed by atoms with E-state index in [0.717, 1.165) is 10.0 Å². The second-order valence-corrected chi connectivity index (χ2v) is 5.00. The number of hydrogen-bond donors (Lipinski definition) is 0. The van der Waals surface area contributed by atoms with Gasteiger partial charge in [-0.25, -0.2) is 4.98 Å². The first kappa shape index (κ1) is 12.7. The van der Waals surface area contributed by atoms with E-state index in [0.29, 0.717) is 22.5 Å². The van der Waals surface area contributed by atoms with Gasteiger partial charge in [-0.2, -0.15) is 0 Å². The number of pyridine rings is 1. The minimum absolute atomic E-state index is 0.348. The van der Waals surface area contributed by atoms with Gasteiger partial charge >= 0.3 is 0 Å². The molecule has 0 N–H and O–H groups in total. The maximum atomic E-state index is 6.08. The van der Waals surface area contributed by atoms with Crippen molar-refractivity contribution < 1.29 is 4.74 Å². The minimum Gasteiger partial charge on any atom is -0.486 e. The van der Waals surface area contributed by atoms with Gasteiger partial charge in [0.2, 0.25) is 0 Å². The van der Waals surface area contributed by atoms with Crippen molar-refractivity contribution in [3.63, 3.8) is 0 Å². The lowest BCUT2D eigenvalue weighted by molar-refractivity contribution is 0.305. The van der Waals surface area contributed by atoms with Crippen LogP contribution in [0, 0.1) is 0 Å². The van der Waals surface area contributed by atoms with E-state index in [4.69, 9.17) is 27.9 Å². The maximum absolute atomic E-state index is 6.08. The van der Waals surface area contributed by atoms with Crippen LogP contribution in [0.2, 0.25) is 10.2 Å². The Balaban J connectivity index is 2.10. The Kier molecular flexibility index (Phi) is 4.26. The predicted molar refractivity (Wildman–Crippen MR) is 72.7 cm³/mol. The van der Waals surface area contributed by atoms with Crippen LogP contribution in [0.5, 0.6) is 5.75 Å². The van der Waals surface area contributed by atoms with Gasteiger partial charge in [0, 0.05) is 21.3 Å². The van der Waals surface area contributed by atoms with Crippen LogP contribution in [-0.2, 0) is 6.61 Å². The van der Waals surface area contributed by atoms with Crippen LogP contribution < -0.4 is 4.74 Å². The summed E-state index contributed by atoms with van der Waals surface area (Å²) in [5, 5.41) is 1.00. The largest absolute Gasteiger partial charge is 0.486 e. The Hall–Kier alpha value is -0.770. The number of rotatable bonds is 3. The highest BCUT2D eigenvalue weighted by atomic mass is 79.9. The van der Waals surface area contributed by atoms with Gasteiger partial charge in [-0.1, -0.05) is 45.2 Å². The average Bonchev–Trinajstić information content (AvgIpc) is 2.30. The van der Waals surface area contributed by atoms with Gasteiger partial charge in [0.25, 0.3) is 0 Å². The highest BCUT2D eigenvalue weighted by Gasteiger charge is 2.05. The van der Waals surface area contributed by atoms with Crippen LogP contribution in [0.25, 0.3) is 0 Å². The molecule has 0 fully saturated rings. The maximum Gasteiger partial charge on any atom is 0.171 e. The summed E-state index contributed by atoms with van der Waals surface area (Å²) in [7, 11) is 0. The minimum atomic E-state index is 0.348. The lowest BCUT2D eigenvalue weighted by Crippen LogP contribution is -1.97. The molecule has 5 heteroatoms. The summed E-state index contributed by atoms with van der Waals surface area (Å²) >= 11 is 15.3. The number of benzene rings is 1. The number of nitrogens with zero attached hydrogens (tertiary/aromatic N) is 1. The molecule has 1 aromatic carbocycles. The monoisotopic (exact) mass is 331 g/mol. The van der Waals surface area contributed by atoms with Gasteiger partial charge < -0.3 is 4.74 Å². The topological polar surface area (TPSA) is 22.1 Å². The summed E-state index contributed by atoms with van der Waals surface area (Å²) in [5.41, 5.74) is 0.898. The van der Waals surface area contributed by atoms with E-state index in [9.17, 15) is 0 Å². The summed E-state index contributed by atoms with van der Waals surface area (Å²) in [5.74, 6) is 0.549. The van der Waals surface area contributed by atoms with Crippen LogP contribution in [0.1, 0.15) is 5.56 Å². The van der Waals surface area contributed by atoms with Crippen LogP contribution in [0.15, 0.2) is 41.0 Å². The third-order valence-corrected chi connectivity index (χ3v) is 3.25. The van der Waals surface area contributed by atoms with E-state index >= 15 is 0 Å². The van der Waals surface area contributed by atoms with E-state index in [1.807, 2.05) is 18.2 Å². The molecule has 0 saturated heterocycles. The molecule has 0 atom stereocenters. The van der Waals surface area contributed by atoms with E-state index in [1.165, 1.54) is 0 Å². The van der Waals surface area contributed by atoms with Crippen LogP contribution in [0.3, 0.4) is 0 Å². The summed E-state index contributed by atoms with van der Waals surface area (Å²) < 4.78 is 6.49. The first-order valence-electron chi connectivity index (χ1n) is 4.84. The Morgan fingerprint density at radius 2 is 2.06 bits per heavy atom. The molecular formula is C12H8BrCl2NO. The lowest BCUT2D eigenvalue weighted by Gasteiger charge is -2.08. The van der Waals surface area contributed by atoms with Crippen molar-refractivity contribution in [2.24, 2.45) is 0 Å². The van der Waals surface area contributed by atoms with Gasteiger partial charge in [-0.05, 0) is 24.3 Å². The highest BCUT2D eigenvalue weighted by Crippen LogP contribution is 2.25. The molecule has 0 bridgehead atoms. The van der Waals surface area contributed by atoms with Gasteiger partial charge in [0.15, 0.2) is 10.9 Å². The smallest absolute Gasteiger partial charge is 0.171 e. The van der Waals surface area contributed by atoms with Crippen molar-refractivity contribution in [3.8, 4) is 5.75 Å². The molecule has 0 spiro atoms. The van der Waals surface area contributed by atoms with Crippen molar-refractivity contribution in [1.29, 1.82) is 0 Å². The fourth-order valence-electron chi connectivity index (χ4n) is 1.27. The quantitative estimate of drug-likeness (QED) is 0.758. The van der Waals surface area contributed by atoms with Crippen molar-refractivity contribution in [2.75, 3.05) is 0 Å². The van der Waals surface area contributed by atoms with Gasteiger partial charge in [0.05, 0.1) is 0 Å². The molecule has 0 radical (unpaired) electrons. The van der Waals surface area contributed by atoms with Crippen molar-refractivity contribution in [1.82, 2.24) is 4.98 Å². The zero-order valence-corrected chi connectivity index (χ0v) is 11.8. The van der Waals surface area contributed by atoms with E-state index in [2.05, 4.69) is 20.9 Å². The Morgan fingerprint density at radius 1 is 1.24 bits per heavy atom. The summed E-state index contributed by atoms with van der Waals surface area (Å²) in [6.45, 7) is 0.359. The number of halogens is 3. The Bertz CT molecular complexity index is 534. The fourth-order valence-corrected chi connectivity index (χ4v) is 2.18. The zero-order chi connectivity index (χ0) is 12.3. The second kappa shape index (κ2) is 5.71. The van der Waals surface area contributed by atoms with Crippen molar-refractivity contribution >= 4 is 39.1 Å². The molecule has 0 unspecified atom stereocenters. The molecule has 2 nitrogen and oxygen atoms in total. The first-order chi connectivity index (χ1) is 8.16. The zero-order valence-electron chi connectivity index (χ0n) is 8.66. The average molecular weight is 333 g/mol. The molecule has 17 heavy (non-hydrogen) atoms. The highest BCUT2D eigenvalue weighted by molar-refractivity contribution is 9.10. The molecule has 0 aliphatic heterocycles. The third kappa shape index (κ3) is 3.35. The second-order valence-electron chi connectivity index (χ2n) is 3.32.